The fraction of sp³-hybridized carbons (Fsp3) is 0.111. The summed E-state index contributed by atoms with van der Waals surface area (Å²) in [5.74, 6) is -0.496. The third-order valence-electron chi connectivity index (χ3n) is 1.60. The molecular formula is C9H9BBrFO2. The molecule has 0 saturated carbocycles. The molecule has 1 N–H and O–H groups in total. The largest absolute Gasteiger partial charge is 0.494 e. The van der Waals surface area contributed by atoms with Crippen molar-refractivity contribution in [2.24, 2.45) is 0 Å². The minimum Gasteiger partial charge on any atom is -0.423 e. The molecule has 2 nitrogen and oxygen atoms in total. The van der Waals surface area contributed by atoms with Gasteiger partial charge in [0.1, 0.15) is 5.82 Å². The van der Waals surface area contributed by atoms with Gasteiger partial charge < -0.3 is 9.68 Å². The van der Waals surface area contributed by atoms with Crippen molar-refractivity contribution in [2.75, 3.05) is 6.61 Å². The maximum Gasteiger partial charge on any atom is 0.494 e. The number of hydrogen-bond donors (Lipinski definition) is 1. The lowest BCUT2D eigenvalue weighted by molar-refractivity contribution is 0.303. The van der Waals surface area contributed by atoms with Crippen molar-refractivity contribution < 1.29 is 14.1 Å². The molecule has 0 aliphatic heterocycles. The molecule has 0 bridgehead atoms. The highest BCUT2D eigenvalue weighted by atomic mass is 79.9. The first-order valence-corrected chi connectivity index (χ1v) is 4.80. The van der Waals surface area contributed by atoms with E-state index in [-0.39, 0.29) is 12.1 Å². The monoisotopic (exact) mass is 258 g/mol. The van der Waals surface area contributed by atoms with Crippen molar-refractivity contribution in [1.29, 1.82) is 0 Å². The SMILES string of the molecule is C=CCOB(O)c1cc(Br)ccc1F. The van der Waals surface area contributed by atoms with E-state index in [9.17, 15) is 9.41 Å². The van der Waals surface area contributed by atoms with E-state index in [2.05, 4.69) is 22.5 Å². The molecule has 0 aliphatic carbocycles. The van der Waals surface area contributed by atoms with Crippen LogP contribution in [0.25, 0.3) is 0 Å². The average Bonchev–Trinajstić information content (AvgIpc) is 2.18. The average molecular weight is 259 g/mol. The van der Waals surface area contributed by atoms with Crippen LogP contribution in [0.15, 0.2) is 35.3 Å². The topological polar surface area (TPSA) is 29.5 Å². The molecule has 1 rings (SSSR count). The summed E-state index contributed by atoms with van der Waals surface area (Å²) < 4.78 is 18.7. The van der Waals surface area contributed by atoms with E-state index in [0.29, 0.717) is 4.47 Å². The molecule has 0 heterocycles. The van der Waals surface area contributed by atoms with E-state index in [1.54, 1.807) is 6.07 Å². The molecule has 0 spiro atoms. The Kier molecular flexibility index (Phi) is 4.32. The second-order valence-corrected chi connectivity index (χ2v) is 3.56. The van der Waals surface area contributed by atoms with E-state index in [0.717, 1.165) is 0 Å². The number of hydrogen-bond acceptors (Lipinski definition) is 2. The van der Waals surface area contributed by atoms with Gasteiger partial charge in [-0.3, -0.25) is 0 Å². The molecule has 14 heavy (non-hydrogen) atoms. The molecule has 1 aromatic carbocycles. The van der Waals surface area contributed by atoms with Gasteiger partial charge in [-0.1, -0.05) is 22.0 Å². The van der Waals surface area contributed by atoms with Crippen LogP contribution in [0.4, 0.5) is 4.39 Å². The molecule has 0 amide bonds. The van der Waals surface area contributed by atoms with Crippen LogP contribution >= 0.6 is 15.9 Å². The van der Waals surface area contributed by atoms with E-state index >= 15 is 0 Å². The Bertz CT molecular complexity index is 333. The van der Waals surface area contributed by atoms with Crippen molar-refractivity contribution in [3.63, 3.8) is 0 Å². The van der Waals surface area contributed by atoms with E-state index in [1.807, 2.05) is 0 Å². The zero-order chi connectivity index (χ0) is 10.6. The summed E-state index contributed by atoms with van der Waals surface area (Å²) in [5, 5.41) is 9.43. The van der Waals surface area contributed by atoms with Crippen LogP contribution in [0.2, 0.25) is 0 Å². The summed E-state index contributed by atoms with van der Waals surface area (Å²) in [5.41, 5.74) is 0.112. The Morgan fingerprint density at radius 3 is 3.00 bits per heavy atom. The molecule has 0 unspecified atom stereocenters. The van der Waals surface area contributed by atoms with Gasteiger partial charge in [0, 0.05) is 16.5 Å². The predicted molar refractivity (Wildman–Crippen MR) is 57.9 cm³/mol. The fourth-order valence-electron chi connectivity index (χ4n) is 0.953. The summed E-state index contributed by atoms with van der Waals surface area (Å²) in [7, 11) is -1.26. The third-order valence-corrected chi connectivity index (χ3v) is 2.09. The molecule has 5 heteroatoms. The van der Waals surface area contributed by atoms with Crippen LogP contribution in [0.1, 0.15) is 0 Å². The lowest BCUT2D eigenvalue weighted by Gasteiger charge is -2.07. The number of halogens is 2. The molecule has 0 aliphatic rings. The normalized spacial score (nSPS) is 9.93. The molecular weight excluding hydrogens is 250 g/mol. The smallest absolute Gasteiger partial charge is 0.423 e. The van der Waals surface area contributed by atoms with Gasteiger partial charge in [-0.15, -0.1) is 6.58 Å². The summed E-state index contributed by atoms with van der Waals surface area (Å²) >= 11 is 3.18. The first-order chi connectivity index (χ1) is 6.65. The molecule has 1 aromatic rings. The van der Waals surface area contributed by atoms with Crippen molar-refractivity contribution in [2.45, 2.75) is 0 Å². The van der Waals surface area contributed by atoms with Gasteiger partial charge in [-0.25, -0.2) is 4.39 Å². The van der Waals surface area contributed by atoms with Crippen molar-refractivity contribution in [1.82, 2.24) is 0 Å². The Morgan fingerprint density at radius 1 is 1.64 bits per heavy atom. The Balaban J connectivity index is 2.82. The molecule has 0 atom stereocenters. The van der Waals surface area contributed by atoms with E-state index < -0.39 is 12.9 Å². The van der Waals surface area contributed by atoms with Crippen LogP contribution in [0.5, 0.6) is 0 Å². The van der Waals surface area contributed by atoms with Gasteiger partial charge in [0.05, 0.1) is 0 Å². The number of rotatable bonds is 4. The Morgan fingerprint density at radius 2 is 2.36 bits per heavy atom. The summed E-state index contributed by atoms with van der Waals surface area (Å²) in [6, 6.07) is 4.29. The standard InChI is InChI=1S/C9H9BBrFO2/c1-2-5-14-10(13)8-6-7(11)3-4-9(8)12/h2-4,6,13H,1,5H2. The highest BCUT2D eigenvalue weighted by Gasteiger charge is 2.20. The first-order valence-electron chi connectivity index (χ1n) is 4.00. The van der Waals surface area contributed by atoms with Crippen LogP contribution < -0.4 is 5.46 Å². The van der Waals surface area contributed by atoms with E-state index in [1.165, 1.54) is 18.2 Å². The molecule has 0 radical (unpaired) electrons. The summed E-state index contributed by atoms with van der Waals surface area (Å²) in [6.07, 6.45) is 1.49. The fourth-order valence-corrected chi connectivity index (χ4v) is 1.33. The van der Waals surface area contributed by atoms with Crippen LogP contribution in [-0.2, 0) is 4.65 Å². The van der Waals surface area contributed by atoms with Crippen LogP contribution in [0, 0.1) is 5.82 Å². The lowest BCUT2D eigenvalue weighted by atomic mass is 9.79. The van der Waals surface area contributed by atoms with Crippen molar-refractivity contribution in [3.8, 4) is 0 Å². The molecule has 74 valence electrons. The highest BCUT2D eigenvalue weighted by Crippen LogP contribution is 2.08. The van der Waals surface area contributed by atoms with Gasteiger partial charge in [-0.2, -0.15) is 0 Å². The van der Waals surface area contributed by atoms with Crippen LogP contribution in [-0.4, -0.2) is 18.7 Å². The van der Waals surface area contributed by atoms with Crippen LogP contribution in [0.3, 0.4) is 0 Å². The Labute approximate surface area is 90.7 Å². The maximum absolute atomic E-state index is 13.2. The van der Waals surface area contributed by atoms with Gasteiger partial charge in [0.15, 0.2) is 0 Å². The maximum atomic E-state index is 13.2. The minimum absolute atomic E-state index is 0.112. The quantitative estimate of drug-likeness (QED) is 0.655. The summed E-state index contributed by atoms with van der Waals surface area (Å²) in [4.78, 5) is 0. The second kappa shape index (κ2) is 5.29. The lowest BCUT2D eigenvalue weighted by Crippen LogP contribution is -2.36. The summed E-state index contributed by atoms with van der Waals surface area (Å²) in [6.45, 7) is 3.60. The van der Waals surface area contributed by atoms with Gasteiger partial charge >= 0.3 is 7.12 Å². The van der Waals surface area contributed by atoms with Crippen molar-refractivity contribution in [3.05, 3.63) is 41.1 Å². The van der Waals surface area contributed by atoms with E-state index in [4.69, 9.17) is 4.65 Å². The highest BCUT2D eigenvalue weighted by molar-refractivity contribution is 9.10. The molecule has 0 saturated heterocycles. The zero-order valence-electron chi connectivity index (χ0n) is 7.41. The zero-order valence-corrected chi connectivity index (χ0v) is 9.00. The second-order valence-electron chi connectivity index (χ2n) is 2.64. The third kappa shape index (κ3) is 2.94. The molecule has 0 fully saturated rings. The van der Waals surface area contributed by atoms with Gasteiger partial charge in [0.2, 0.25) is 0 Å². The predicted octanol–water partition coefficient (Wildman–Crippen LogP) is 1.48. The number of benzene rings is 1. The van der Waals surface area contributed by atoms with Gasteiger partial charge in [-0.05, 0) is 18.2 Å². The Hall–Kier alpha value is -0.645. The van der Waals surface area contributed by atoms with Gasteiger partial charge in [0.25, 0.3) is 0 Å². The minimum atomic E-state index is -1.26. The molecule has 0 aromatic heterocycles. The first kappa shape index (κ1) is 11.4. The van der Waals surface area contributed by atoms with Crippen molar-refractivity contribution >= 4 is 28.5 Å².